The summed E-state index contributed by atoms with van der Waals surface area (Å²) >= 11 is 1.63. The first-order valence-corrected chi connectivity index (χ1v) is 12.3. The Bertz CT molecular complexity index is 1160. The molecule has 3 heterocycles. The third-order valence-electron chi connectivity index (χ3n) is 6.47. The summed E-state index contributed by atoms with van der Waals surface area (Å²) in [6.45, 7) is 4.95. The average molecular weight is 481 g/mol. The highest BCUT2D eigenvalue weighted by molar-refractivity contribution is 7.18. The Morgan fingerprint density at radius 3 is 2.56 bits per heavy atom. The Labute approximate surface area is 202 Å². The van der Waals surface area contributed by atoms with Crippen LogP contribution in [0.1, 0.15) is 18.0 Å². The number of fused-ring (bicyclic) bond motifs is 2. The number of nitrogens with zero attached hydrogens (tertiary/aromatic N) is 4. The Kier molecular flexibility index (Phi) is 6.38. The van der Waals surface area contributed by atoms with Crippen LogP contribution in [-0.2, 0) is 9.59 Å². The topological polar surface area (TPSA) is 75.2 Å². The normalized spacial score (nSPS) is 19.1. The number of carbonyl (C=O) groups is 2. The van der Waals surface area contributed by atoms with E-state index in [-0.39, 0.29) is 24.5 Å². The molecule has 1 aromatic heterocycles. The SMILES string of the molecule is CC(c1nc2ccccc2s1)N(C)C(=O)CN1CCN(C(=O)C2COc3ccccc3O2)CC1. The van der Waals surface area contributed by atoms with Crippen LogP contribution < -0.4 is 9.47 Å². The minimum atomic E-state index is -0.635. The highest BCUT2D eigenvalue weighted by atomic mass is 32.1. The van der Waals surface area contributed by atoms with Crippen molar-refractivity contribution in [3.63, 3.8) is 0 Å². The highest BCUT2D eigenvalue weighted by Crippen LogP contribution is 2.31. The Hall–Kier alpha value is -3.17. The van der Waals surface area contributed by atoms with Gasteiger partial charge in [-0.3, -0.25) is 14.5 Å². The smallest absolute Gasteiger partial charge is 0.267 e. The molecule has 0 bridgehead atoms. The van der Waals surface area contributed by atoms with Crippen molar-refractivity contribution in [2.45, 2.75) is 19.1 Å². The van der Waals surface area contributed by atoms with Crippen molar-refractivity contribution in [2.75, 3.05) is 46.4 Å². The molecule has 2 atom stereocenters. The molecule has 34 heavy (non-hydrogen) atoms. The molecule has 1 fully saturated rings. The molecule has 2 aromatic carbocycles. The Balaban J connectivity index is 1.12. The summed E-state index contributed by atoms with van der Waals surface area (Å²) < 4.78 is 12.7. The second kappa shape index (κ2) is 9.60. The first-order valence-electron chi connectivity index (χ1n) is 11.5. The van der Waals surface area contributed by atoms with Crippen LogP contribution in [-0.4, -0.2) is 84.0 Å². The Morgan fingerprint density at radius 2 is 1.79 bits per heavy atom. The number of amides is 2. The van der Waals surface area contributed by atoms with E-state index in [9.17, 15) is 9.59 Å². The molecule has 2 unspecified atom stereocenters. The second-order valence-corrected chi connectivity index (χ2v) is 9.73. The van der Waals surface area contributed by atoms with Crippen LogP contribution >= 0.6 is 11.3 Å². The van der Waals surface area contributed by atoms with Crippen molar-refractivity contribution in [2.24, 2.45) is 0 Å². The number of rotatable bonds is 5. The summed E-state index contributed by atoms with van der Waals surface area (Å²) in [5.74, 6) is 1.25. The average Bonchev–Trinajstić information content (AvgIpc) is 3.32. The molecule has 3 aromatic rings. The minimum absolute atomic E-state index is 0.0483. The lowest BCUT2D eigenvalue weighted by Crippen LogP contribution is -2.55. The second-order valence-electron chi connectivity index (χ2n) is 8.67. The number of carbonyl (C=O) groups excluding carboxylic acids is 2. The molecule has 5 rings (SSSR count). The molecular weight excluding hydrogens is 452 g/mol. The van der Waals surface area contributed by atoms with Crippen LogP contribution in [0.4, 0.5) is 0 Å². The van der Waals surface area contributed by atoms with Gasteiger partial charge in [-0.1, -0.05) is 24.3 Å². The molecule has 0 spiro atoms. The maximum absolute atomic E-state index is 13.0. The van der Waals surface area contributed by atoms with E-state index in [0.717, 1.165) is 15.2 Å². The molecule has 178 valence electrons. The van der Waals surface area contributed by atoms with Gasteiger partial charge in [0.2, 0.25) is 12.0 Å². The van der Waals surface area contributed by atoms with Crippen LogP contribution in [0, 0.1) is 0 Å². The van der Waals surface area contributed by atoms with Crippen molar-refractivity contribution in [1.82, 2.24) is 19.7 Å². The summed E-state index contributed by atoms with van der Waals surface area (Å²) in [5.41, 5.74) is 0.965. The molecule has 8 nitrogen and oxygen atoms in total. The van der Waals surface area contributed by atoms with Crippen LogP contribution in [0.5, 0.6) is 11.5 Å². The van der Waals surface area contributed by atoms with Crippen molar-refractivity contribution >= 4 is 33.4 Å². The molecular formula is C25H28N4O4S. The van der Waals surface area contributed by atoms with Crippen molar-refractivity contribution in [1.29, 1.82) is 0 Å². The fourth-order valence-corrected chi connectivity index (χ4v) is 5.29. The minimum Gasteiger partial charge on any atom is -0.485 e. The summed E-state index contributed by atoms with van der Waals surface area (Å²) in [4.78, 5) is 36.3. The number of hydrogen-bond donors (Lipinski definition) is 0. The predicted molar refractivity (Wildman–Crippen MR) is 130 cm³/mol. The van der Waals surface area contributed by atoms with Gasteiger partial charge in [0.25, 0.3) is 5.91 Å². The van der Waals surface area contributed by atoms with Gasteiger partial charge in [-0.15, -0.1) is 11.3 Å². The maximum Gasteiger partial charge on any atom is 0.267 e. The highest BCUT2D eigenvalue weighted by Gasteiger charge is 2.33. The molecule has 9 heteroatoms. The summed E-state index contributed by atoms with van der Waals surface area (Å²) in [6.07, 6.45) is -0.635. The fourth-order valence-electron chi connectivity index (χ4n) is 4.22. The van der Waals surface area contributed by atoms with Crippen LogP contribution in [0.3, 0.4) is 0 Å². The zero-order chi connectivity index (χ0) is 23.7. The summed E-state index contributed by atoms with van der Waals surface area (Å²) in [5, 5.41) is 0.934. The molecule has 2 aliphatic heterocycles. The molecule has 2 amide bonds. The van der Waals surface area contributed by atoms with E-state index in [1.54, 1.807) is 21.1 Å². The van der Waals surface area contributed by atoms with Gasteiger partial charge in [-0.05, 0) is 31.2 Å². The number of likely N-dealkylation sites (N-methyl/N-ethyl adjacent to an activating group) is 1. The number of hydrogen-bond acceptors (Lipinski definition) is 7. The molecule has 0 saturated carbocycles. The number of aromatic nitrogens is 1. The van der Waals surface area contributed by atoms with Gasteiger partial charge in [0.1, 0.15) is 11.6 Å². The van der Waals surface area contributed by atoms with E-state index in [1.807, 2.05) is 56.4 Å². The Morgan fingerprint density at radius 1 is 1.09 bits per heavy atom. The molecule has 0 aliphatic carbocycles. The molecule has 2 aliphatic rings. The van der Waals surface area contributed by atoms with Gasteiger partial charge in [0, 0.05) is 33.2 Å². The van der Waals surface area contributed by atoms with Crippen molar-refractivity contribution in [3.8, 4) is 11.5 Å². The molecule has 1 saturated heterocycles. The fraction of sp³-hybridized carbons (Fsp3) is 0.400. The van der Waals surface area contributed by atoms with Gasteiger partial charge in [-0.2, -0.15) is 0 Å². The summed E-state index contributed by atoms with van der Waals surface area (Å²) in [6, 6.07) is 15.3. The number of piperazine rings is 1. The number of benzene rings is 2. The van der Waals surface area contributed by atoms with E-state index in [2.05, 4.69) is 11.0 Å². The quantitative estimate of drug-likeness (QED) is 0.559. The van der Waals surface area contributed by atoms with Gasteiger partial charge < -0.3 is 19.3 Å². The lowest BCUT2D eigenvalue weighted by molar-refractivity contribution is -0.143. The van der Waals surface area contributed by atoms with Gasteiger partial charge in [0.05, 0.1) is 22.8 Å². The predicted octanol–water partition coefficient (Wildman–Crippen LogP) is 2.80. The van der Waals surface area contributed by atoms with Gasteiger partial charge in [-0.25, -0.2) is 4.98 Å². The van der Waals surface area contributed by atoms with Crippen molar-refractivity contribution in [3.05, 3.63) is 53.5 Å². The standard InChI is InChI=1S/C25H28N4O4S/c1-17(24-26-18-7-3-6-10-22(18)34-24)27(2)23(30)15-28-11-13-29(14-12-28)25(31)21-16-32-19-8-4-5-9-20(19)33-21/h3-10,17,21H,11-16H2,1-2H3. The largest absolute Gasteiger partial charge is 0.485 e. The van der Waals surface area contributed by atoms with Crippen molar-refractivity contribution < 1.29 is 19.1 Å². The molecule has 0 N–H and O–H groups in total. The monoisotopic (exact) mass is 480 g/mol. The number of para-hydroxylation sites is 3. The number of ether oxygens (including phenoxy) is 2. The van der Waals surface area contributed by atoms with Crippen LogP contribution in [0.15, 0.2) is 48.5 Å². The first-order chi connectivity index (χ1) is 16.5. The van der Waals surface area contributed by atoms with Gasteiger partial charge in [0.15, 0.2) is 11.5 Å². The maximum atomic E-state index is 13.0. The first kappa shape index (κ1) is 22.6. The van der Waals surface area contributed by atoms with E-state index in [1.165, 1.54) is 0 Å². The third kappa shape index (κ3) is 4.58. The molecule has 0 radical (unpaired) electrons. The third-order valence-corrected chi connectivity index (χ3v) is 7.68. The van der Waals surface area contributed by atoms with E-state index in [4.69, 9.17) is 14.5 Å². The van der Waals surface area contributed by atoms with E-state index >= 15 is 0 Å². The van der Waals surface area contributed by atoms with Crippen LogP contribution in [0.25, 0.3) is 10.2 Å². The zero-order valence-corrected chi connectivity index (χ0v) is 20.2. The van der Waals surface area contributed by atoms with E-state index in [0.29, 0.717) is 44.2 Å². The van der Waals surface area contributed by atoms with Crippen LogP contribution in [0.2, 0.25) is 0 Å². The van der Waals surface area contributed by atoms with Gasteiger partial charge >= 0.3 is 0 Å². The van der Waals surface area contributed by atoms with E-state index < -0.39 is 6.10 Å². The summed E-state index contributed by atoms with van der Waals surface area (Å²) in [7, 11) is 1.83. The zero-order valence-electron chi connectivity index (χ0n) is 19.3. The lowest BCUT2D eigenvalue weighted by atomic mass is 10.2. The lowest BCUT2D eigenvalue weighted by Gasteiger charge is -2.37. The number of thiazole rings is 1.